The van der Waals surface area contributed by atoms with E-state index in [1.165, 1.54) is 0 Å². The van der Waals surface area contributed by atoms with Gasteiger partial charge in [0.25, 0.3) is 20.2 Å². The van der Waals surface area contributed by atoms with Gasteiger partial charge < -0.3 is 20.4 Å². The largest absolute Gasteiger partial charge is 0.506 e. The van der Waals surface area contributed by atoms with Gasteiger partial charge in [0.15, 0.2) is 11.5 Å². The highest BCUT2D eigenvalue weighted by atomic mass is 32.2. The van der Waals surface area contributed by atoms with Crippen molar-refractivity contribution in [2.75, 3.05) is 0 Å². The fourth-order valence-electron chi connectivity index (χ4n) is 2.18. The molecule has 0 spiro atoms. The highest BCUT2D eigenvalue weighted by Crippen LogP contribution is 2.46. The van der Waals surface area contributed by atoms with Gasteiger partial charge in [0, 0.05) is 5.39 Å². The molecular formula is C11H8O11S2. The van der Waals surface area contributed by atoms with Gasteiger partial charge >= 0.3 is 5.97 Å². The maximum atomic E-state index is 11.6. The summed E-state index contributed by atoms with van der Waals surface area (Å²) in [6.07, 6.45) is 0. The van der Waals surface area contributed by atoms with Gasteiger partial charge in [-0.05, 0) is 12.1 Å². The van der Waals surface area contributed by atoms with Gasteiger partial charge in [0.2, 0.25) is 0 Å². The summed E-state index contributed by atoms with van der Waals surface area (Å²) in [6, 6.07) is 1.38. The Labute approximate surface area is 133 Å². The summed E-state index contributed by atoms with van der Waals surface area (Å²) in [5.74, 6) is -5.69. The van der Waals surface area contributed by atoms with Crippen molar-refractivity contribution in [1.82, 2.24) is 0 Å². The number of carboxylic acids is 1. The third-order valence-corrected chi connectivity index (χ3v) is 5.03. The third-order valence-electron chi connectivity index (χ3n) is 3.04. The van der Waals surface area contributed by atoms with E-state index in [1.807, 2.05) is 0 Å². The van der Waals surface area contributed by atoms with E-state index < -0.39 is 69.6 Å². The first-order valence-electron chi connectivity index (χ1n) is 5.70. The maximum Gasteiger partial charge on any atom is 0.340 e. The molecule has 0 aliphatic carbocycles. The number of carbonyl (C=O) groups is 1. The van der Waals surface area contributed by atoms with Gasteiger partial charge in [0.05, 0.1) is 5.39 Å². The quantitative estimate of drug-likeness (QED) is 0.312. The Morgan fingerprint density at radius 2 is 1.33 bits per heavy atom. The number of hydrogen-bond donors (Lipinski definition) is 6. The minimum absolute atomic E-state index is 0.688. The zero-order valence-electron chi connectivity index (χ0n) is 11.2. The summed E-state index contributed by atoms with van der Waals surface area (Å²) in [4.78, 5) is 7.89. The van der Waals surface area contributed by atoms with Crippen LogP contribution in [0.25, 0.3) is 10.8 Å². The molecule has 13 heteroatoms. The summed E-state index contributed by atoms with van der Waals surface area (Å²) < 4.78 is 64.5. The van der Waals surface area contributed by atoms with Gasteiger partial charge in [0.1, 0.15) is 21.1 Å². The predicted octanol–water partition coefficient (Wildman–Crippen LogP) is 0.148. The van der Waals surface area contributed by atoms with E-state index in [2.05, 4.69) is 0 Å². The van der Waals surface area contributed by atoms with Crippen molar-refractivity contribution in [1.29, 1.82) is 0 Å². The Morgan fingerprint density at radius 3 is 1.75 bits per heavy atom. The van der Waals surface area contributed by atoms with Crippen LogP contribution in [0.1, 0.15) is 10.4 Å². The molecule has 11 nitrogen and oxygen atoms in total. The molecule has 2 aromatic carbocycles. The van der Waals surface area contributed by atoms with Gasteiger partial charge in [-0.25, -0.2) is 4.79 Å². The number of phenolic OH excluding ortho intramolecular Hbond substituents is 2. The summed E-state index contributed by atoms with van der Waals surface area (Å²) in [5.41, 5.74) is -1.61. The highest BCUT2D eigenvalue weighted by Gasteiger charge is 2.37. The number of hydrogen-bond acceptors (Lipinski definition) is 8. The van der Waals surface area contributed by atoms with Gasteiger partial charge in [-0.3, -0.25) is 9.11 Å². The Kier molecular flexibility index (Phi) is 3.84. The second-order valence-corrected chi connectivity index (χ2v) is 7.21. The van der Waals surface area contributed by atoms with Crippen LogP contribution in [0.3, 0.4) is 0 Å². The number of benzene rings is 2. The van der Waals surface area contributed by atoms with E-state index in [0.29, 0.717) is 12.1 Å². The first kappa shape index (κ1) is 17.7. The molecule has 0 aromatic heterocycles. The zero-order chi connectivity index (χ0) is 18.6. The average Bonchev–Trinajstić information content (AvgIpc) is 2.39. The molecule has 0 aliphatic heterocycles. The molecule has 0 unspecified atom stereocenters. The van der Waals surface area contributed by atoms with E-state index in [-0.39, 0.29) is 0 Å². The van der Waals surface area contributed by atoms with Crippen LogP contribution < -0.4 is 0 Å². The number of rotatable bonds is 3. The van der Waals surface area contributed by atoms with Crippen LogP contribution in [0.5, 0.6) is 17.2 Å². The second-order valence-electron chi connectivity index (χ2n) is 4.49. The Morgan fingerprint density at radius 1 is 0.833 bits per heavy atom. The van der Waals surface area contributed by atoms with Crippen molar-refractivity contribution in [3.8, 4) is 17.2 Å². The van der Waals surface area contributed by atoms with Crippen LogP contribution in [0.4, 0.5) is 0 Å². The smallest absolute Gasteiger partial charge is 0.340 e. The van der Waals surface area contributed by atoms with Crippen LogP contribution in [0, 0.1) is 0 Å². The maximum absolute atomic E-state index is 11.6. The monoisotopic (exact) mass is 380 g/mol. The number of carboxylic acid groups (broad SMARTS) is 1. The van der Waals surface area contributed by atoms with Crippen LogP contribution in [0.2, 0.25) is 0 Å². The number of aromatic carboxylic acids is 1. The number of fused-ring (bicyclic) bond motifs is 1. The molecule has 2 rings (SSSR count). The van der Waals surface area contributed by atoms with Crippen LogP contribution in [-0.4, -0.2) is 52.3 Å². The molecule has 0 heterocycles. The molecule has 2 aromatic rings. The van der Waals surface area contributed by atoms with E-state index >= 15 is 0 Å². The fraction of sp³-hybridized carbons (Fsp3) is 0. The van der Waals surface area contributed by atoms with Crippen molar-refractivity contribution in [2.45, 2.75) is 9.79 Å². The van der Waals surface area contributed by atoms with E-state index in [0.717, 1.165) is 0 Å². The zero-order valence-corrected chi connectivity index (χ0v) is 12.8. The van der Waals surface area contributed by atoms with Crippen molar-refractivity contribution in [3.63, 3.8) is 0 Å². The van der Waals surface area contributed by atoms with Crippen molar-refractivity contribution in [3.05, 3.63) is 17.7 Å². The van der Waals surface area contributed by atoms with Gasteiger partial charge in [-0.2, -0.15) is 16.8 Å². The van der Waals surface area contributed by atoms with E-state index in [1.54, 1.807) is 0 Å². The standard InChI is InChI=1S/C11H8O11S2/c12-4-2-1-3-5(7(4)13)8(14)6(11(15)16)10(24(20,21)22)9(3)23(17,18)19/h1-2,12-14H,(H,15,16)(H,17,18,19)(H,20,21,22). The minimum Gasteiger partial charge on any atom is -0.506 e. The second kappa shape index (κ2) is 5.20. The lowest BCUT2D eigenvalue weighted by Crippen LogP contribution is -2.15. The van der Waals surface area contributed by atoms with Crippen LogP contribution >= 0.6 is 0 Å². The molecule has 0 radical (unpaired) electrons. The summed E-state index contributed by atoms with van der Waals surface area (Å²) >= 11 is 0. The normalized spacial score (nSPS) is 12.4. The van der Waals surface area contributed by atoms with Crippen LogP contribution in [0.15, 0.2) is 21.9 Å². The molecule has 0 saturated heterocycles. The minimum atomic E-state index is -5.55. The number of phenols is 3. The predicted molar refractivity (Wildman–Crippen MR) is 75.5 cm³/mol. The van der Waals surface area contributed by atoms with Crippen molar-refractivity contribution in [2.24, 2.45) is 0 Å². The lowest BCUT2D eigenvalue weighted by Gasteiger charge is -2.15. The summed E-state index contributed by atoms with van der Waals surface area (Å²) in [6.45, 7) is 0. The number of aromatic hydroxyl groups is 3. The van der Waals surface area contributed by atoms with Crippen molar-refractivity contribution >= 4 is 37.0 Å². The third kappa shape index (κ3) is 2.58. The lowest BCUT2D eigenvalue weighted by molar-refractivity contribution is 0.0688. The fourth-order valence-corrected chi connectivity index (χ4v) is 4.38. The first-order chi connectivity index (χ1) is 10.8. The molecule has 130 valence electrons. The Bertz CT molecular complexity index is 1100. The van der Waals surface area contributed by atoms with E-state index in [4.69, 9.17) is 5.11 Å². The molecule has 0 fully saturated rings. The summed E-state index contributed by atoms with van der Waals surface area (Å²) in [7, 11) is -11.0. The van der Waals surface area contributed by atoms with Gasteiger partial charge in [-0.15, -0.1) is 0 Å². The topological polar surface area (TPSA) is 207 Å². The average molecular weight is 380 g/mol. The highest BCUT2D eigenvalue weighted by molar-refractivity contribution is 7.89. The molecule has 0 saturated carbocycles. The molecule has 0 aliphatic rings. The molecular weight excluding hydrogens is 372 g/mol. The Balaban J connectivity index is 3.43. The first-order valence-corrected chi connectivity index (χ1v) is 8.58. The van der Waals surface area contributed by atoms with Crippen LogP contribution in [-0.2, 0) is 20.2 Å². The molecule has 6 N–H and O–H groups in total. The molecule has 0 amide bonds. The Hall–Kier alpha value is -2.61. The lowest BCUT2D eigenvalue weighted by atomic mass is 10.0. The summed E-state index contributed by atoms with van der Waals surface area (Å²) in [5, 5.41) is 36.4. The SMILES string of the molecule is O=C(O)c1c(S(=O)(=O)O)c(S(=O)(=O)O)c2ccc(O)c(O)c2c1O. The van der Waals surface area contributed by atoms with Crippen molar-refractivity contribution < 1.29 is 51.2 Å². The van der Waals surface area contributed by atoms with E-state index in [9.17, 15) is 46.1 Å². The molecule has 0 bridgehead atoms. The van der Waals surface area contributed by atoms with Gasteiger partial charge in [-0.1, -0.05) is 0 Å². The molecule has 0 atom stereocenters. The molecule has 24 heavy (non-hydrogen) atoms.